The number of hydrogen-bond donors (Lipinski definition) is 1. The topological polar surface area (TPSA) is 85.6 Å². The summed E-state index contributed by atoms with van der Waals surface area (Å²) in [4.78, 5) is 16.9. The number of carbonyl (C=O) groups excluding carboxylic acids is 1. The maximum absolute atomic E-state index is 12.2. The predicted molar refractivity (Wildman–Crippen MR) is 72.4 cm³/mol. The van der Waals surface area contributed by atoms with E-state index in [1.807, 2.05) is 23.6 Å². The van der Waals surface area contributed by atoms with Crippen LogP contribution in [-0.2, 0) is 6.54 Å². The van der Waals surface area contributed by atoms with E-state index in [-0.39, 0.29) is 5.91 Å². The predicted octanol–water partition coefficient (Wildman–Crippen LogP) is 1.05. The van der Waals surface area contributed by atoms with Gasteiger partial charge in [-0.05, 0) is 34.0 Å². The molecule has 7 nitrogen and oxygen atoms in total. The number of tetrazole rings is 1. The molecule has 0 aliphatic carbocycles. The Labute approximate surface area is 118 Å². The first-order valence-electron chi connectivity index (χ1n) is 5.83. The van der Waals surface area contributed by atoms with Crippen LogP contribution in [0.15, 0.2) is 42.2 Å². The molecule has 0 unspecified atom stereocenters. The van der Waals surface area contributed by atoms with Gasteiger partial charge < -0.3 is 5.32 Å². The van der Waals surface area contributed by atoms with E-state index in [9.17, 15) is 4.79 Å². The SMILES string of the molecule is O=C(NCc1ccccn1)c1sccc1-n1cnnn1. The fraction of sp³-hybridized carbons (Fsp3) is 0.0833. The Morgan fingerprint density at radius 2 is 2.30 bits per heavy atom. The van der Waals surface area contributed by atoms with Crippen LogP contribution in [0.4, 0.5) is 0 Å². The summed E-state index contributed by atoms with van der Waals surface area (Å²) >= 11 is 1.34. The zero-order valence-corrected chi connectivity index (χ0v) is 11.1. The quantitative estimate of drug-likeness (QED) is 0.774. The molecule has 0 saturated heterocycles. The number of pyridine rings is 1. The van der Waals surface area contributed by atoms with Crippen molar-refractivity contribution in [1.82, 2.24) is 30.5 Å². The molecule has 0 aliphatic heterocycles. The van der Waals surface area contributed by atoms with Gasteiger partial charge in [-0.2, -0.15) is 4.68 Å². The second-order valence-corrected chi connectivity index (χ2v) is 4.81. The molecule has 0 radical (unpaired) electrons. The lowest BCUT2D eigenvalue weighted by molar-refractivity contribution is 0.0954. The molecular formula is C12H10N6OS. The van der Waals surface area contributed by atoms with Gasteiger partial charge in [-0.1, -0.05) is 6.07 Å². The first-order valence-corrected chi connectivity index (χ1v) is 6.71. The van der Waals surface area contributed by atoms with Gasteiger partial charge in [0.1, 0.15) is 11.2 Å². The minimum Gasteiger partial charge on any atom is -0.346 e. The van der Waals surface area contributed by atoms with Crippen LogP contribution < -0.4 is 5.32 Å². The largest absolute Gasteiger partial charge is 0.346 e. The molecule has 1 N–H and O–H groups in total. The molecule has 0 spiro atoms. The van der Waals surface area contributed by atoms with Gasteiger partial charge in [0.15, 0.2) is 0 Å². The summed E-state index contributed by atoms with van der Waals surface area (Å²) in [6.45, 7) is 0.382. The van der Waals surface area contributed by atoms with Crippen LogP contribution in [0.3, 0.4) is 0 Å². The van der Waals surface area contributed by atoms with Gasteiger partial charge in [0, 0.05) is 6.20 Å². The molecule has 0 fully saturated rings. The summed E-state index contributed by atoms with van der Waals surface area (Å²) in [5, 5.41) is 15.6. The molecule has 0 saturated carbocycles. The highest BCUT2D eigenvalue weighted by atomic mass is 32.1. The van der Waals surface area contributed by atoms with E-state index in [0.717, 1.165) is 5.69 Å². The average Bonchev–Trinajstić information content (AvgIpc) is 3.15. The van der Waals surface area contributed by atoms with E-state index in [1.165, 1.54) is 22.3 Å². The highest BCUT2D eigenvalue weighted by Gasteiger charge is 2.15. The molecule has 0 aromatic carbocycles. The van der Waals surface area contributed by atoms with E-state index >= 15 is 0 Å². The molecule has 0 bridgehead atoms. The van der Waals surface area contributed by atoms with Crippen LogP contribution in [0.25, 0.3) is 5.69 Å². The highest BCUT2D eigenvalue weighted by Crippen LogP contribution is 2.19. The smallest absolute Gasteiger partial charge is 0.263 e. The number of carbonyl (C=O) groups is 1. The zero-order valence-electron chi connectivity index (χ0n) is 10.3. The summed E-state index contributed by atoms with van der Waals surface area (Å²) in [6, 6.07) is 7.38. The van der Waals surface area contributed by atoms with Crippen molar-refractivity contribution in [2.75, 3.05) is 0 Å². The normalized spacial score (nSPS) is 10.4. The number of hydrogen-bond acceptors (Lipinski definition) is 6. The number of rotatable bonds is 4. The lowest BCUT2D eigenvalue weighted by atomic mass is 10.3. The Morgan fingerprint density at radius 1 is 1.35 bits per heavy atom. The molecule has 100 valence electrons. The van der Waals surface area contributed by atoms with E-state index in [4.69, 9.17) is 0 Å². The van der Waals surface area contributed by atoms with Crippen LogP contribution in [0.1, 0.15) is 15.4 Å². The Bertz CT molecular complexity index is 694. The van der Waals surface area contributed by atoms with Gasteiger partial charge >= 0.3 is 0 Å². The number of nitrogens with one attached hydrogen (secondary N) is 1. The minimum atomic E-state index is -0.170. The number of thiophene rings is 1. The van der Waals surface area contributed by atoms with E-state index in [2.05, 4.69) is 25.8 Å². The maximum atomic E-state index is 12.2. The zero-order chi connectivity index (χ0) is 13.8. The number of amides is 1. The van der Waals surface area contributed by atoms with E-state index in [0.29, 0.717) is 17.1 Å². The van der Waals surface area contributed by atoms with Crippen molar-refractivity contribution in [3.05, 3.63) is 52.7 Å². The molecule has 0 aliphatic rings. The monoisotopic (exact) mass is 286 g/mol. The lowest BCUT2D eigenvalue weighted by Gasteiger charge is -2.05. The summed E-state index contributed by atoms with van der Waals surface area (Å²) in [5.41, 5.74) is 1.47. The Morgan fingerprint density at radius 3 is 3.05 bits per heavy atom. The third kappa shape index (κ3) is 2.54. The molecule has 3 aromatic heterocycles. The fourth-order valence-corrected chi connectivity index (χ4v) is 2.47. The molecule has 3 heterocycles. The molecule has 3 aromatic rings. The number of aromatic nitrogens is 5. The first-order chi connectivity index (χ1) is 9.84. The molecule has 0 atom stereocenters. The maximum Gasteiger partial charge on any atom is 0.263 e. The standard InChI is InChI=1S/C12H10N6OS/c19-12(14-7-9-3-1-2-5-13-9)11-10(4-6-20-11)18-8-15-16-17-18/h1-6,8H,7H2,(H,14,19). The van der Waals surface area contributed by atoms with Gasteiger partial charge in [-0.25, -0.2) is 0 Å². The van der Waals surface area contributed by atoms with Crippen LogP contribution in [0.5, 0.6) is 0 Å². The van der Waals surface area contributed by atoms with Crippen molar-refractivity contribution < 1.29 is 4.79 Å². The number of nitrogens with zero attached hydrogens (tertiary/aromatic N) is 5. The van der Waals surface area contributed by atoms with Crippen molar-refractivity contribution in [2.45, 2.75) is 6.54 Å². The summed E-state index contributed by atoms with van der Waals surface area (Å²) in [7, 11) is 0. The molecule has 1 amide bonds. The summed E-state index contributed by atoms with van der Waals surface area (Å²) in [6.07, 6.45) is 3.15. The van der Waals surface area contributed by atoms with Gasteiger partial charge in [0.05, 0.1) is 17.9 Å². The minimum absolute atomic E-state index is 0.170. The van der Waals surface area contributed by atoms with Crippen LogP contribution in [-0.4, -0.2) is 31.1 Å². The average molecular weight is 286 g/mol. The fourth-order valence-electron chi connectivity index (χ4n) is 1.68. The summed E-state index contributed by atoms with van der Waals surface area (Å²) < 4.78 is 1.46. The van der Waals surface area contributed by atoms with Crippen molar-refractivity contribution in [1.29, 1.82) is 0 Å². The van der Waals surface area contributed by atoms with Gasteiger partial charge in [-0.15, -0.1) is 16.4 Å². The molecule has 3 rings (SSSR count). The molecular weight excluding hydrogens is 276 g/mol. The second kappa shape index (κ2) is 5.57. The lowest BCUT2D eigenvalue weighted by Crippen LogP contribution is -2.23. The Kier molecular flexibility index (Phi) is 3.46. The Balaban J connectivity index is 1.74. The first kappa shape index (κ1) is 12.4. The second-order valence-electron chi connectivity index (χ2n) is 3.89. The van der Waals surface area contributed by atoms with Gasteiger partial charge in [0.2, 0.25) is 0 Å². The van der Waals surface area contributed by atoms with Crippen LogP contribution >= 0.6 is 11.3 Å². The van der Waals surface area contributed by atoms with Crippen molar-refractivity contribution in [3.8, 4) is 5.69 Å². The van der Waals surface area contributed by atoms with Gasteiger partial charge in [-0.3, -0.25) is 9.78 Å². The summed E-state index contributed by atoms with van der Waals surface area (Å²) in [5.74, 6) is -0.170. The van der Waals surface area contributed by atoms with E-state index < -0.39 is 0 Å². The van der Waals surface area contributed by atoms with Crippen LogP contribution in [0, 0.1) is 0 Å². The molecule has 8 heteroatoms. The third-order valence-corrected chi connectivity index (χ3v) is 3.51. The van der Waals surface area contributed by atoms with Crippen LogP contribution in [0.2, 0.25) is 0 Å². The van der Waals surface area contributed by atoms with E-state index in [1.54, 1.807) is 12.3 Å². The molecule has 20 heavy (non-hydrogen) atoms. The van der Waals surface area contributed by atoms with Crippen molar-refractivity contribution in [3.63, 3.8) is 0 Å². The Hall–Kier alpha value is -2.61. The highest BCUT2D eigenvalue weighted by molar-refractivity contribution is 7.12. The third-order valence-electron chi connectivity index (χ3n) is 2.60. The van der Waals surface area contributed by atoms with Gasteiger partial charge in [0.25, 0.3) is 5.91 Å². The van der Waals surface area contributed by atoms with Crippen molar-refractivity contribution >= 4 is 17.2 Å². The van der Waals surface area contributed by atoms with Crippen molar-refractivity contribution in [2.24, 2.45) is 0 Å².